The second-order valence-corrected chi connectivity index (χ2v) is 4.20. The Morgan fingerprint density at radius 2 is 1.90 bits per heavy atom. The van der Waals surface area contributed by atoms with Crippen LogP contribution in [0.4, 0.5) is 13.2 Å². The second kappa shape index (κ2) is 5.28. The van der Waals surface area contributed by atoms with E-state index in [4.69, 9.17) is 5.26 Å². The van der Waals surface area contributed by atoms with E-state index in [0.29, 0.717) is 0 Å². The number of benzene rings is 1. The zero-order chi connectivity index (χ0) is 15.6. The first-order valence-corrected chi connectivity index (χ1v) is 5.72. The predicted octanol–water partition coefficient (Wildman–Crippen LogP) is 1.48. The molecule has 1 aromatic carbocycles. The number of alkyl halides is 3. The highest BCUT2D eigenvalue weighted by Gasteiger charge is 2.32. The molecule has 0 unspecified atom stereocenters. The molecule has 0 saturated carbocycles. The van der Waals surface area contributed by atoms with Gasteiger partial charge in [-0.25, -0.2) is 4.79 Å². The molecule has 0 atom stereocenters. The Balaban J connectivity index is 2.52. The van der Waals surface area contributed by atoms with Crippen LogP contribution >= 0.6 is 0 Å². The van der Waals surface area contributed by atoms with Gasteiger partial charge in [-0.1, -0.05) is 18.2 Å². The number of aromatic amines is 1. The largest absolute Gasteiger partial charge is 0.416 e. The first-order chi connectivity index (χ1) is 9.82. The van der Waals surface area contributed by atoms with E-state index < -0.39 is 29.5 Å². The minimum atomic E-state index is -4.56. The zero-order valence-electron chi connectivity index (χ0n) is 10.4. The summed E-state index contributed by atoms with van der Waals surface area (Å²) < 4.78 is 39.4. The number of hydrogen-bond donors (Lipinski definition) is 1. The topological polar surface area (TPSA) is 78.7 Å². The second-order valence-electron chi connectivity index (χ2n) is 4.20. The number of nitriles is 1. The third kappa shape index (κ3) is 3.02. The van der Waals surface area contributed by atoms with Crippen LogP contribution in [-0.2, 0) is 12.7 Å². The molecular formula is C13H8F3N3O2. The van der Waals surface area contributed by atoms with Crippen LogP contribution in [0, 0.1) is 11.3 Å². The fraction of sp³-hybridized carbons (Fsp3) is 0.154. The van der Waals surface area contributed by atoms with Gasteiger partial charge >= 0.3 is 11.9 Å². The van der Waals surface area contributed by atoms with Crippen LogP contribution in [0.5, 0.6) is 0 Å². The summed E-state index contributed by atoms with van der Waals surface area (Å²) in [6.07, 6.45) is -3.62. The van der Waals surface area contributed by atoms with Crippen molar-refractivity contribution in [2.24, 2.45) is 0 Å². The van der Waals surface area contributed by atoms with Crippen molar-refractivity contribution in [1.82, 2.24) is 9.55 Å². The first kappa shape index (κ1) is 14.6. The average Bonchev–Trinajstić information content (AvgIpc) is 2.41. The Morgan fingerprint density at radius 1 is 1.24 bits per heavy atom. The molecule has 0 amide bonds. The molecule has 0 fully saturated rings. The van der Waals surface area contributed by atoms with E-state index in [1.54, 1.807) is 6.07 Å². The van der Waals surface area contributed by atoms with E-state index in [1.807, 2.05) is 4.98 Å². The SMILES string of the molecule is N#Cc1cn(Cc2ccccc2C(F)(F)F)c(=O)[nH]c1=O. The number of H-pyrrole nitrogens is 1. The van der Waals surface area contributed by atoms with Crippen molar-refractivity contribution >= 4 is 0 Å². The summed E-state index contributed by atoms with van der Waals surface area (Å²) in [5, 5.41) is 8.72. The standard InChI is InChI=1S/C13H8F3N3O2/c14-13(15,16)10-4-2-1-3-8(10)6-19-7-9(5-17)11(20)18-12(19)21/h1-4,7H,6H2,(H,18,20,21). The van der Waals surface area contributed by atoms with Gasteiger partial charge in [0.05, 0.1) is 12.1 Å². The number of rotatable bonds is 2. The number of halogens is 3. The molecule has 0 radical (unpaired) electrons. The maximum absolute atomic E-state index is 12.9. The van der Waals surface area contributed by atoms with E-state index in [-0.39, 0.29) is 11.1 Å². The van der Waals surface area contributed by atoms with Crippen LogP contribution in [0.1, 0.15) is 16.7 Å². The summed E-state index contributed by atoms with van der Waals surface area (Å²) >= 11 is 0. The van der Waals surface area contributed by atoms with E-state index in [0.717, 1.165) is 16.8 Å². The number of nitrogens with zero attached hydrogens (tertiary/aromatic N) is 2. The molecule has 0 bridgehead atoms. The van der Waals surface area contributed by atoms with Crippen molar-refractivity contribution in [1.29, 1.82) is 5.26 Å². The molecule has 1 aromatic heterocycles. The Morgan fingerprint density at radius 3 is 2.52 bits per heavy atom. The van der Waals surface area contributed by atoms with Gasteiger partial charge in [-0.2, -0.15) is 18.4 Å². The van der Waals surface area contributed by atoms with Crippen LogP contribution < -0.4 is 11.2 Å². The number of aromatic nitrogens is 2. The smallest absolute Gasteiger partial charge is 0.295 e. The van der Waals surface area contributed by atoms with Crippen LogP contribution in [0.25, 0.3) is 0 Å². The quantitative estimate of drug-likeness (QED) is 0.911. The maximum Gasteiger partial charge on any atom is 0.416 e. The minimum Gasteiger partial charge on any atom is -0.295 e. The van der Waals surface area contributed by atoms with Gasteiger partial charge in [0, 0.05) is 6.20 Å². The van der Waals surface area contributed by atoms with Crippen LogP contribution in [0.2, 0.25) is 0 Å². The molecule has 0 aliphatic rings. The van der Waals surface area contributed by atoms with Crippen molar-refractivity contribution in [2.45, 2.75) is 12.7 Å². The highest BCUT2D eigenvalue weighted by Crippen LogP contribution is 2.31. The van der Waals surface area contributed by atoms with Gasteiger partial charge in [-0.05, 0) is 11.6 Å². The molecule has 2 rings (SSSR count). The highest BCUT2D eigenvalue weighted by atomic mass is 19.4. The van der Waals surface area contributed by atoms with E-state index in [1.165, 1.54) is 18.2 Å². The highest BCUT2D eigenvalue weighted by molar-refractivity contribution is 5.30. The van der Waals surface area contributed by atoms with Gasteiger partial charge in [0.2, 0.25) is 0 Å². The van der Waals surface area contributed by atoms with Gasteiger partial charge in [-0.3, -0.25) is 14.3 Å². The van der Waals surface area contributed by atoms with E-state index in [2.05, 4.69) is 0 Å². The summed E-state index contributed by atoms with van der Waals surface area (Å²) in [6, 6.07) is 6.34. The Bertz CT molecular complexity index is 828. The van der Waals surface area contributed by atoms with Crippen LogP contribution in [-0.4, -0.2) is 9.55 Å². The monoisotopic (exact) mass is 295 g/mol. The molecular weight excluding hydrogens is 287 g/mol. The Kier molecular flexibility index (Phi) is 3.67. The molecule has 0 saturated heterocycles. The lowest BCUT2D eigenvalue weighted by molar-refractivity contribution is -0.138. The van der Waals surface area contributed by atoms with Crippen molar-refractivity contribution in [3.63, 3.8) is 0 Å². The van der Waals surface area contributed by atoms with Crippen LogP contribution in [0.3, 0.4) is 0 Å². The van der Waals surface area contributed by atoms with Gasteiger partial charge in [0.15, 0.2) is 0 Å². The Hall–Kier alpha value is -2.82. The zero-order valence-corrected chi connectivity index (χ0v) is 10.4. The lowest BCUT2D eigenvalue weighted by Crippen LogP contribution is -2.31. The van der Waals surface area contributed by atoms with Crippen LogP contribution in [0.15, 0.2) is 40.1 Å². The molecule has 0 aliphatic heterocycles. The molecule has 108 valence electrons. The third-order valence-electron chi connectivity index (χ3n) is 2.79. The summed E-state index contributed by atoms with van der Waals surface area (Å²) in [7, 11) is 0. The molecule has 5 nitrogen and oxygen atoms in total. The lowest BCUT2D eigenvalue weighted by Gasteiger charge is -2.13. The summed E-state index contributed by atoms with van der Waals surface area (Å²) in [6.45, 7) is -0.403. The molecule has 8 heteroatoms. The normalized spacial score (nSPS) is 11.1. The van der Waals surface area contributed by atoms with Crippen molar-refractivity contribution in [3.8, 4) is 6.07 Å². The molecule has 2 aromatic rings. The molecule has 1 heterocycles. The number of nitrogens with one attached hydrogen (secondary N) is 1. The number of hydrogen-bond acceptors (Lipinski definition) is 3. The molecule has 21 heavy (non-hydrogen) atoms. The molecule has 0 aliphatic carbocycles. The average molecular weight is 295 g/mol. The van der Waals surface area contributed by atoms with E-state index >= 15 is 0 Å². The summed E-state index contributed by atoms with van der Waals surface area (Å²) in [5.41, 5.74) is -3.11. The van der Waals surface area contributed by atoms with Crippen molar-refractivity contribution in [3.05, 3.63) is 68.0 Å². The summed E-state index contributed by atoms with van der Waals surface area (Å²) in [4.78, 5) is 24.7. The first-order valence-electron chi connectivity index (χ1n) is 5.72. The summed E-state index contributed by atoms with van der Waals surface area (Å²) in [5.74, 6) is 0. The predicted molar refractivity (Wildman–Crippen MR) is 66.6 cm³/mol. The van der Waals surface area contributed by atoms with Crippen molar-refractivity contribution in [2.75, 3.05) is 0 Å². The maximum atomic E-state index is 12.9. The van der Waals surface area contributed by atoms with Gasteiger partial charge in [0.1, 0.15) is 11.6 Å². The fourth-order valence-corrected chi connectivity index (χ4v) is 1.82. The Labute approximate surface area is 115 Å². The van der Waals surface area contributed by atoms with Gasteiger partial charge in [0.25, 0.3) is 5.56 Å². The minimum absolute atomic E-state index is 0.136. The van der Waals surface area contributed by atoms with Gasteiger partial charge < -0.3 is 0 Å². The molecule has 1 N–H and O–H groups in total. The lowest BCUT2D eigenvalue weighted by atomic mass is 10.1. The third-order valence-corrected chi connectivity index (χ3v) is 2.79. The van der Waals surface area contributed by atoms with Crippen molar-refractivity contribution < 1.29 is 13.2 Å². The molecule has 0 spiro atoms. The fourth-order valence-electron chi connectivity index (χ4n) is 1.82. The van der Waals surface area contributed by atoms with E-state index in [9.17, 15) is 22.8 Å². The van der Waals surface area contributed by atoms with Gasteiger partial charge in [-0.15, -0.1) is 0 Å².